The molecule has 0 spiro atoms. The lowest BCUT2D eigenvalue weighted by atomic mass is 10.0. The highest BCUT2D eigenvalue weighted by molar-refractivity contribution is 5.99. The first-order valence-corrected chi connectivity index (χ1v) is 5.40. The first kappa shape index (κ1) is 9.35. The van der Waals surface area contributed by atoms with Crippen LogP contribution in [0.15, 0.2) is 45.3 Å². The fourth-order valence-corrected chi connectivity index (χ4v) is 2.08. The van der Waals surface area contributed by atoms with Crippen molar-refractivity contribution in [2.45, 2.75) is 0 Å². The van der Waals surface area contributed by atoms with Crippen molar-refractivity contribution in [3.63, 3.8) is 0 Å². The zero-order valence-electron chi connectivity index (χ0n) is 9.12. The first-order chi connectivity index (χ1) is 8.93. The molecule has 0 N–H and O–H groups in total. The maximum absolute atomic E-state index is 5.18. The molecular weight excluding hydrogens is 230 g/mol. The van der Waals surface area contributed by atoms with Crippen molar-refractivity contribution < 1.29 is 8.94 Å². The maximum atomic E-state index is 5.18. The van der Waals surface area contributed by atoms with Gasteiger partial charge in [0.25, 0.3) is 6.39 Å². The Kier molecular flexibility index (Phi) is 1.77. The predicted octanol–water partition coefficient (Wildman–Crippen LogP) is 2.83. The van der Waals surface area contributed by atoms with Crippen molar-refractivity contribution in [3.05, 3.63) is 42.8 Å². The van der Waals surface area contributed by atoms with Crippen molar-refractivity contribution in [1.29, 1.82) is 0 Å². The van der Waals surface area contributed by atoms with Crippen molar-refractivity contribution >= 4 is 22.2 Å². The minimum Gasteiger partial charge on any atom is -0.432 e. The van der Waals surface area contributed by atoms with Gasteiger partial charge in [0, 0.05) is 16.4 Å². The standard InChI is InChI=1S/C13H6N3O2/c1-3-8(12-10(5-1)17-7-14-12)9-4-2-6-11-13(9)15-16-18-11/h1-6H. The molecule has 0 aliphatic heterocycles. The van der Waals surface area contributed by atoms with E-state index in [0.717, 1.165) is 16.6 Å². The predicted molar refractivity (Wildman–Crippen MR) is 63.6 cm³/mol. The normalized spacial score (nSPS) is 11.3. The Morgan fingerprint density at radius 1 is 0.889 bits per heavy atom. The smallest absolute Gasteiger partial charge is 0.284 e. The van der Waals surface area contributed by atoms with Crippen LogP contribution in [0.2, 0.25) is 0 Å². The van der Waals surface area contributed by atoms with Gasteiger partial charge in [-0.2, -0.15) is 0 Å². The number of aromatic nitrogens is 3. The summed E-state index contributed by atoms with van der Waals surface area (Å²) in [6.07, 6.45) is 2.51. The van der Waals surface area contributed by atoms with Crippen LogP contribution in [-0.2, 0) is 0 Å². The molecule has 2 aromatic carbocycles. The molecule has 0 saturated carbocycles. The molecule has 0 unspecified atom stereocenters. The lowest BCUT2D eigenvalue weighted by Gasteiger charge is -2.01. The second kappa shape index (κ2) is 3.40. The Labute approximate surface area is 101 Å². The van der Waals surface area contributed by atoms with Gasteiger partial charge in [-0.1, -0.05) is 24.3 Å². The summed E-state index contributed by atoms with van der Waals surface area (Å²) in [6.45, 7) is 0. The van der Waals surface area contributed by atoms with E-state index < -0.39 is 0 Å². The Hall–Kier alpha value is -2.69. The summed E-state index contributed by atoms with van der Waals surface area (Å²) in [5.41, 5.74) is 4.67. The summed E-state index contributed by atoms with van der Waals surface area (Å²) in [7, 11) is 0. The average Bonchev–Trinajstić information content (AvgIpc) is 3.06. The number of nitrogens with zero attached hydrogens (tertiary/aromatic N) is 3. The zero-order valence-corrected chi connectivity index (χ0v) is 9.12. The van der Waals surface area contributed by atoms with Crippen molar-refractivity contribution in [3.8, 4) is 11.1 Å². The molecular formula is C13H6N3O2. The number of para-hydroxylation sites is 1. The van der Waals surface area contributed by atoms with Gasteiger partial charge in [-0.25, -0.2) is 4.98 Å². The molecule has 1 radical (unpaired) electrons. The van der Waals surface area contributed by atoms with E-state index in [9.17, 15) is 0 Å². The summed E-state index contributed by atoms with van der Waals surface area (Å²) >= 11 is 0. The second-order valence-corrected chi connectivity index (χ2v) is 3.88. The topological polar surface area (TPSA) is 65.0 Å². The fraction of sp³-hybridized carbons (Fsp3) is 0. The van der Waals surface area contributed by atoms with Gasteiger partial charge in [-0.05, 0) is 12.1 Å². The molecule has 0 fully saturated rings. The number of benzene rings is 2. The van der Waals surface area contributed by atoms with Gasteiger partial charge in [-0.15, -0.1) is 5.10 Å². The molecule has 4 aromatic rings. The molecule has 0 bridgehead atoms. The van der Waals surface area contributed by atoms with E-state index in [2.05, 4.69) is 21.7 Å². The molecule has 0 amide bonds. The molecule has 5 nitrogen and oxygen atoms in total. The van der Waals surface area contributed by atoms with Crippen molar-refractivity contribution in [1.82, 2.24) is 15.4 Å². The van der Waals surface area contributed by atoms with Crippen LogP contribution in [0.4, 0.5) is 0 Å². The second-order valence-electron chi connectivity index (χ2n) is 3.88. The molecule has 2 aromatic heterocycles. The molecule has 5 heteroatoms. The first-order valence-electron chi connectivity index (χ1n) is 5.40. The Morgan fingerprint density at radius 2 is 1.67 bits per heavy atom. The van der Waals surface area contributed by atoms with E-state index in [1.54, 1.807) is 0 Å². The molecule has 2 heterocycles. The van der Waals surface area contributed by atoms with Crippen LogP contribution in [-0.4, -0.2) is 15.4 Å². The van der Waals surface area contributed by atoms with E-state index >= 15 is 0 Å². The third-order valence-electron chi connectivity index (χ3n) is 2.88. The van der Waals surface area contributed by atoms with Gasteiger partial charge in [-0.3, -0.25) is 0 Å². The molecule has 18 heavy (non-hydrogen) atoms. The molecule has 0 atom stereocenters. The third kappa shape index (κ3) is 1.18. The summed E-state index contributed by atoms with van der Waals surface area (Å²) in [5, 5.41) is 7.58. The Balaban J connectivity index is 2.13. The van der Waals surface area contributed by atoms with Gasteiger partial charge in [0.1, 0.15) is 11.0 Å². The monoisotopic (exact) mass is 236 g/mol. The molecule has 4 rings (SSSR count). The SMILES string of the molecule is [c]1nc2c(-c3cccc4onnc34)cccc2o1. The summed E-state index contributed by atoms with van der Waals surface area (Å²) in [5.74, 6) is 0. The van der Waals surface area contributed by atoms with E-state index in [4.69, 9.17) is 8.94 Å². The average molecular weight is 236 g/mol. The molecule has 0 aliphatic carbocycles. The van der Waals surface area contributed by atoms with Crippen LogP contribution in [0.25, 0.3) is 33.3 Å². The number of rotatable bonds is 1. The lowest BCUT2D eigenvalue weighted by Crippen LogP contribution is -1.82. The Morgan fingerprint density at radius 3 is 2.56 bits per heavy atom. The summed E-state index contributed by atoms with van der Waals surface area (Å²) in [4.78, 5) is 4.12. The van der Waals surface area contributed by atoms with Crippen molar-refractivity contribution in [2.75, 3.05) is 0 Å². The van der Waals surface area contributed by atoms with Gasteiger partial charge >= 0.3 is 0 Å². The Bertz CT molecular complexity index is 775. The van der Waals surface area contributed by atoms with Gasteiger partial charge in [0.2, 0.25) is 0 Å². The number of hydrogen-bond donors (Lipinski definition) is 0. The zero-order chi connectivity index (χ0) is 11.9. The molecule has 0 saturated heterocycles. The van der Waals surface area contributed by atoms with Crippen LogP contribution in [0, 0.1) is 6.39 Å². The minimum atomic E-state index is 0.650. The van der Waals surface area contributed by atoms with E-state index in [1.807, 2.05) is 36.4 Å². The molecule has 85 valence electrons. The van der Waals surface area contributed by atoms with E-state index in [1.165, 1.54) is 0 Å². The van der Waals surface area contributed by atoms with Gasteiger partial charge < -0.3 is 8.94 Å². The quantitative estimate of drug-likeness (QED) is 0.508. The van der Waals surface area contributed by atoms with Crippen LogP contribution in [0.3, 0.4) is 0 Å². The number of oxazole rings is 1. The third-order valence-corrected chi connectivity index (χ3v) is 2.88. The molecule has 0 aliphatic rings. The largest absolute Gasteiger partial charge is 0.432 e. The highest BCUT2D eigenvalue weighted by atomic mass is 16.5. The lowest BCUT2D eigenvalue weighted by molar-refractivity contribution is 0.424. The van der Waals surface area contributed by atoms with Crippen LogP contribution >= 0.6 is 0 Å². The summed E-state index contributed by atoms with van der Waals surface area (Å²) < 4.78 is 10.2. The summed E-state index contributed by atoms with van der Waals surface area (Å²) in [6, 6.07) is 11.4. The number of fused-ring (bicyclic) bond motifs is 2. The van der Waals surface area contributed by atoms with Gasteiger partial charge in [0.05, 0.1) is 0 Å². The minimum absolute atomic E-state index is 0.650. The van der Waals surface area contributed by atoms with Gasteiger partial charge in [0.15, 0.2) is 11.2 Å². The van der Waals surface area contributed by atoms with Crippen LogP contribution < -0.4 is 0 Å². The van der Waals surface area contributed by atoms with Crippen LogP contribution in [0.1, 0.15) is 0 Å². The van der Waals surface area contributed by atoms with Crippen LogP contribution in [0.5, 0.6) is 0 Å². The van der Waals surface area contributed by atoms with Crippen molar-refractivity contribution in [2.24, 2.45) is 0 Å². The maximum Gasteiger partial charge on any atom is 0.284 e. The highest BCUT2D eigenvalue weighted by Crippen LogP contribution is 2.31. The van der Waals surface area contributed by atoms with E-state index in [0.29, 0.717) is 16.7 Å². The highest BCUT2D eigenvalue weighted by Gasteiger charge is 2.13. The fourth-order valence-electron chi connectivity index (χ4n) is 2.08. The number of hydrogen-bond acceptors (Lipinski definition) is 5. The van der Waals surface area contributed by atoms with E-state index in [-0.39, 0.29) is 0 Å².